The van der Waals surface area contributed by atoms with Gasteiger partial charge in [0, 0.05) is 16.1 Å². The van der Waals surface area contributed by atoms with Crippen molar-refractivity contribution in [2.45, 2.75) is 30.9 Å². The molecule has 0 spiro atoms. The van der Waals surface area contributed by atoms with Crippen molar-refractivity contribution >= 4 is 35.0 Å². The second-order valence-electron chi connectivity index (χ2n) is 7.02. The van der Waals surface area contributed by atoms with Crippen molar-refractivity contribution < 1.29 is 14.3 Å². The molecule has 0 radical (unpaired) electrons. The van der Waals surface area contributed by atoms with Gasteiger partial charge in [-0.15, -0.1) is 11.8 Å². The van der Waals surface area contributed by atoms with Crippen LogP contribution in [0.15, 0.2) is 77.7 Å². The molecule has 0 heterocycles. The molecule has 0 aliphatic rings. The molecule has 0 saturated carbocycles. The lowest BCUT2D eigenvalue weighted by molar-refractivity contribution is -0.115. The minimum atomic E-state index is -0.303. The first-order chi connectivity index (χ1) is 15.0. The number of carbonyl (C=O) groups is 2. The van der Waals surface area contributed by atoms with Crippen LogP contribution in [0.3, 0.4) is 0 Å². The number of anilines is 2. The van der Waals surface area contributed by atoms with E-state index in [9.17, 15) is 9.59 Å². The second kappa shape index (κ2) is 10.7. The van der Waals surface area contributed by atoms with Crippen LogP contribution in [0.5, 0.6) is 5.75 Å². The summed E-state index contributed by atoms with van der Waals surface area (Å²) in [6, 6.07) is 22.3. The zero-order valence-corrected chi connectivity index (χ0v) is 18.7. The van der Waals surface area contributed by atoms with E-state index in [-0.39, 0.29) is 17.1 Å². The molecular weight excluding hydrogens is 408 g/mol. The SMILES string of the molecule is CCOc1ccccc1NC(=O)C(C)Sc1ccc(NC(=O)c2ccc(C)cc2)cc1. The normalized spacial score (nSPS) is 11.5. The maximum atomic E-state index is 12.6. The molecule has 1 atom stereocenters. The van der Waals surface area contributed by atoms with Crippen molar-refractivity contribution in [3.8, 4) is 5.75 Å². The second-order valence-corrected chi connectivity index (χ2v) is 8.44. The van der Waals surface area contributed by atoms with Gasteiger partial charge in [-0.2, -0.15) is 0 Å². The molecule has 160 valence electrons. The topological polar surface area (TPSA) is 67.4 Å². The van der Waals surface area contributed by atoms with Crippen LogP contribution in [-0.4, -0.2) is 23.7 Å². The Hall–Kier alpha value is -3.25. The highest BCUT2D eigenvalue weighted by Gasteiger charge is 2.16. The third-order valence-electron chi connectivity index (χ3n) is 4.55. The summed E-state index contributed by atoms with van der Waals surface area (Å²) in [5.74, 6) is 0.402. The van der Waals surface area contributed by atoms with Gasteiger partial charge in [-0.3, -0.25) is 9.59 Å². The molecule has 0 fully saturated rings. The fourth-order valence-electron chi connectivity index (χ4n) is 2.87. The first kappa shape index (κ1) is 22.4. The van der Waals surface area contributed by atoms with Gasteiger partial charge in [-0.1, -0.05) is 29.8 Å². The minimum Gasteiger partial charge on any atom is -0.492 e. The molecule has 0 saturated heterocycles. The first-order valence-corrected chi connectivity index (χ1v) is 11.0. The number of para-hydroxylation sites is 2. The van der Waals surface area contributed by atoms with Gasteiger partial charge >= 0.3 is 0 Å². The molecule has 0 bridgehead atoms. The van der Waals surface area contributed by atoms with Gasteiger partial charge in [0.15, 0.2) is 0 Å². The predicted octanol–water partition coefficient (Wildman–Crippen LogP) is 5.77. The molecule has 0 aliphatic heterocycles. The van der Waals surface area contributed by atoms with Crippen LogP contribution in [0, 0.1) is 6.92 Å². The van der Waals surface area contributed by atoms with E-state index in [4.69, 9.17) is 4.74 Å². The standard InChI is InChI=1S/C25H26N2O3S/c1-4-30-23-8-6-5-7-22(23)27-24(28)18(3)31-21-15-13-20(14-16-21)26-25(29)19-11-9-17(2)10-12-19/h5-16,18H,4H2,1-3H3,(H,26,29)(H,27,28). The summed E-state index contributed by atoms with van der Waals surface area (Å²) in [7, 11) is 0. The fourth-order valence-corrected chi connectivity index (χ4v) is 3.74. The molecule has 3 aromatic rings. The summed E-state index contributed by atoms with van der Waals surface area (Å²) in [5.41, 5.74) is 3.09. The summed E-state index contributed by atoms with van der Waals surface area (Å²) in [5, 5.41) is 5.52. The van der Waals surface area contributed by atoms with E-state index in [0.717, 1.165) is 10.5 Å². The van der Waals surface area contributed by atoms with E-state index < -0.39 is 0 Å². The van der Waals surface area contributed by atoms with Crippen LogP contribution < -0.4 is 15.4 Å². The zero-order chi connectivity index (χ0) is 22.2. The Kier molecular flexibility index (Phi) is 7.73. The van der Waals surface area contributed by atoms with Gasteiger partial charge in [0.05, 0.1) is 17.5 Å². The lowest BCUT2D eigenvalue weighted by Gasteiger charge is -2.15. The molecule has 0 aliphatic carbocycles. The first-order valence-electron chi connectivity index (χ1n) is 10.1. The number of carbonyl (C=O) groups excluding carboxylic acids is 2. The number of thioether (sulfide) groups is 1. The van der Waals surface area contributed by atoms with E-state index in [0.29, 0.717) is 29.3 Å². The number of amides is 2. The van der Waals surface area contributed by atoms with E-state index in [1.807, 2.05) is 81.4 Å². The predicted molar refractivity (Wildman–Crippen MR) is 127 cm³/mol. The molecule has 6 heteroatoms. The Morgan fingerprint density at radius 1 is 0.935 bits per heavy atom. The molecule has 3 aromatic carbocycles. The molecular formula is C25H26N2O3S. The van der Waals surface area contributed by atoms with Crippen molar-refractivity contribution in [2.75, 3.05) is 17.2 Å². The summed E-state index contributed by atoms with van der Waals surface area (Å²) in [6.07, 6.45) is 0. The Labute approximate surface area is 187 Å². The molecule has 1 unspecified atom stereocenters. The minimum absolute atomic E-state index is 0.103. The number of hydrogen-bond donors (Lipinski definition) is 2. The Morgan fingerprint density at radius 2 is 1.61 bits per heavy atom. The third-order valence-corrected chi connectivity index (χ3v) is 5.66. The van der Waals surface area contributed by atoms with Crippen molar-refractivity contribution in [3.05, 3.63) is 83.9 Å². The molecule has 5 nitrogen and oxygen atoms in total. The fraction of sp³-hybridized carbons (Fsp3) is 0.200. The smallest absolute Gasteiger partial charge is 0.255 e. The van der Waals surface area contributed by atoms with Crippen LogP contribution in [0.25, 0.3) is 0 Å². The van der Waals surface area contributed by atoms with Crippen LogP contribution >= 0.6 is 11.8 Å². The van der Waals surface area contributed by atoms with Gasteiger partial charge in [-0.05, 0) is 69.3 Å². The molecule has 0 aromatic heterocycles. The Bertz CT molecular complexity index is 1030. The van der Waals surface area contributed by atoms with Gasteiger partial charge < -0.3 is 15.4 Å². The van der Waals surface area contributed by atoms with Gasteiger partial charge in [0.25, 0.3) is 5.91 Å². The Balaban J connectivity index is 1.57. The van der Waals surface area contributed by atoms with Crippen LogP contribution in [0.4, 0.5) is 11.4 Å². The van der Waals surface area contributed by atoms with Gasteiger partial charge in [0.1, 0.15) is 5.75 Å². The molecule has 3 rings (SSSR count). The summed E-state index contributed by atoms with van der Waals surface area (Å²) in [6.45, 7) is 6.28. The van der Waals surface area contributed by atoms with E-state index in [1.54, 1.807) is 12.1 Å². The van der Waals surface area contributed by atoms with Crippen LogP contribution in [-0.2, 0) is 4.79 Å². The average Bonchev–Trinajstić information content (AvgIpc) is 2.77. The number of rotatable bonds is 8. The van der Waals surface area contributed by atoms with Crippen molar-refractivity contribution in [3.63, 3.8) is 0 Å². The monoisotopic (exact) mass is 434 g/mol. The highest BCUT2D eigenvalue weighted by molar-refractivity contribution is 8.00. The summed E-state index contributed by atoms with van der Waals surface area (Å²) < 4.78 is 5.56. The van der Waals surface area contributed by atoms with Gasteiger partial charge in [0.2, 0.25) is 5.91 Å². The number of benzene rings is 3. The number of ether oxygens (including phenoxy) is 1. The third kappa shape index (κ3) is 6.36. The molecule has 2 N–H and O–H groups in total. The Morgan fingerprint density at radius 3 is 2.29 bits per heavy atom. The van der Waals surface area contributed by atoms with E-state index >= 15 is 0 Å². The van der Waals surface area contributed by atoms with Gasteiger partial charge in [-0.25, -0.2) is 0 Å². The maximum absolute atomic E-state index is 12.6. The summed E-state index contributed by atoms with van der Waals surface area (Å²) >= 11 is 1.45. The van der Waals surface area contributed by atoms with E-state index in [2.05, 4.69) is 10.6 Å². The summed E-state index contributed by atoms with van der Waals surface area (Å²) in [4.78, 5) is 25.9. The van der Waals surface area contributed by atoms with Crippen molar-refractivity contribution in [2.24, 2.45) is 0 Å². The zero-order valence-electron chi connectivity index (χ0n) is 17.8. The van der Waals surface area contributed by atoms with E-state index in [1.165, 1.54) is 11.8 Å². The number of aryl methyl sites for hydroxylation is 1. The highest BCUT2D eigenvalue weighted by Crippen LogP contribution is 2.28. The number of hydrogen-bond acceptors (Lipinski definition) is 4. The average molecular weight is 435 g/mol. The van der Waals surface area contributed by atoms with Crippen molar-refractivity contribution in [1.82, 2.24) is 0 Å². The van der Waals surface area contributed by atoms with Crippen LogP contribution in [0.1, 0.15) is 29.8 Å². The maximum Gasteiger partial charge on any atom is 0.255 e. The van der Waals surface area contributed by atoms with Crippen LogP contribution in [0.2, 0.25) is 0 Å². The lowest BCUT2D eigenvalue weighted by Crippen LogP contribution is -2.22. The lowest BCUT2D eigenvalue weighted by atomic mass is 10.1. The largest absolute Gasteiger partial charge is 0.492 e. The van der Waals surface area contributed by atoms with Crippen molar-refractivity contribution in [1.29, 1.82) is 0 Å². The highest BCUT2D eigenvalue weighted by atomic mass is 32.2. The molecule has 2 amide bonds. The molecule has 31 heavy (non-hydrogen) atoms. The quantitative estimate of drug-likeness (QED) is 0.442. The number of nitrogens with one attached hydrogen (secondary N) is 2.